The minimum atomic E-state index is -0.375. The van der Waals surface area contributed by atoms with Gasteiger partial charge in [0.25, 0.3) is 5.91 Å². The van der Waals surface area contributed by atoms with Crippen LogP contribution in [0.5, 0.6) is 0 Å². The molecule has 0 radical (unpaired) electrons. The van der Waals surface area contributed by atoms with Crippen LogP contribution in [-0.4, -0.2) is 42.6 Å². The fourth-order valence-electron chi connectivity index (χ4n) is 3.10. The molecule has 3 heterocycles. The van der Waals surface area contributed by atoms with Crippen molar-refractivity contribution in [3.8, 4) is 0 Å². The summed E-state index contributed by atoms with van der Waals surface area (Å²) >= 11 is 9.19. The smallest absolute Gasteiger partial charge is 0.312 e. The maximum Gasteiger partial charge on any atom is 0.312 e. The molecule has 8 heteroatoms. The highest BCUT2D eigenvalue weighted by molar-refractivity contribution is 9.10. The van der Waals surface area contributed by atoms with Crippen molar-refractivity contribution in [1.82, 2.24) is 15.6 Å². The van der Waals surface area contributed by atoms with Crippen LogP contribution in [0.4, 0.5) is 0 Å². The van der Waals surface area contributed by atoms with Crippen LogP contribution in [0.2, 0.25) is 5.02 Å². The van der Waals surface area contributed by atoms with Gasteiger partial charge in [-0.25, -0.2) is 4.98 Å². The number of ether oxygens (including phenoxy) is 1. The molecule has 1 spiro atoms. The van der Waals surface area contributed by atoms with Crippen LogP contribution in [-0.2, 0) is 9.53 Å². The number of nitrogens with zero attached hydrogens (tertiary/aromatic N) is 1. The number of esters is 1. The summed E-state index contributed by atoms with van der Waals surface area (Å²) < 4.78 is 6.08. The van der Waals surface area contributed by atoms with Gasteiger partial charge in [0.15, 0.2) is 0 Å². The summed E-state index contributed by atoms with van der Waals surface area (Å²) in [5.41, 5.74) is -0.140. The maximum absolute atomic E-state index is 12.2. The van der Waals surface area contributed by atoms with Crippen molar-refractivity contribution >= 4 is 39.4 Å². The summed E-state index contributed by atoms with van der Waals surface area (Å²) in [5.74, 6) is -0.468. The minimum absolute atomic E-state index is 0.136. The second-order valence-electron chi connectivity index (χ2n) is 5.96. The zero-order valence-electron chi connectivity index (χ0n) is 12.4. The van der Waals surface area contributed by atoms with Gasteiger partial charge in [0.2, 0.25) is 0 Å². The molecule has 0 aromatic carbocycles. The van der Waals surface area contributed by atoms with E-state index in [1.54, 1.807) is 0 Å². The van der Waals surface area contributed by atoms with Gasteiger partial charge in [-0.1, -0.05) is 11.6 Å². The minimum Gasteiger partial charge on any atom is -0.460 e. The van der Waals surface area contributed by atoms with Crippen molar-refractivity contribution in [3.05, 3.63) is 27.5 Å². The molecule has 0 saturated carbocycles. The average Bonchev–Trinajstić information content (AvgIpc) is 2.84. The Balaban J connectivity index is 1.57. The topological polar surface area (TPSA) is 80.3 Å². The Labute approximate surface area is 147 Å². The largest absolute Gasteiger partial charge is 0.460 e. The van der Waals surface area contributed by atoms with Crippen LogP contribution in [0, 0.1) is 5.41 Å². The van der Waals surface area contributed by atoms with E-state index >= 15 is 0 Å². The number of piperidine rings is 1. The highest BCUT2D eigenvalue weighted by atomic mass is 79.9. The SMILES string of the molecule is O=C(NCC1CC2(CCNCC2)C(=O)O1)c1cc(Cl)c(Br)cn1. The number of nitrogens with one attached hydrogen (secondary N) is 2. The molecular formula is C15H17BrClN3O3. The number of carbonyl (C=O) groups excluding carboxylic acids is 2. The van der Waals surface area contributed by atoms with Crippen molar-refractivity contribution in [2.45, 2.75) is 25.4 Å². The molecular weight excluding hydrogens is 386 g/mol. The standard InChI is InChI=1S/C15H17BrClN3O3/c16-10-8-19-12(5-11(10)17)13(21)20-7-9-6-15(14(22)23-9)1-3-18-4-2-15/h5,8-9,18H,1-4,6-7H2,(H,20,21). The Morgan fingerprint density at radius 2 is 2.26 bits per heavy atom. The van der Waals surface area contributed by atoms with E-state index in [0.717, 1.165) is 25.9 Å². The van der Waals surface area contributed by atoms with E-state index in [1.165, 1.54) is 12.3 Å². The van der Waals surface area contributed by atoms with E-state index in [4.69, 9.17) is 16.3 Å². The number of aromatic nitrogens is 1. The Hall–Kier alpha value is -1.18. The molecule has 1 unspecified atom stereocenters. The van der Waals surface area contributed by atoms with Crippen LogP contribution in [0.3, 0.4) is 0 Å². The van der Waals surface area contributed by atoms with Crippen molar-refractivity contribution in [2.24, 2.45) is 5.41 Å². The Morgan fingerprint density at radius 3 is 2.96 bits per heavy atom. The van der Waals surface area contributed by atoms with E-state index in [0.29, 0.717) is 15.9 Å². The summed E-state index contributed by atoms with van der Waals surface area (Å²) in [6, 6.07) is 1.50. The molecule has 1 aromatic rings. The fourth-order valence-corrected chi connectivity index (χ4v) is 3.47. The predicted molar refractivity (Wildman–Crippen MR) is 88.3 cm³/mol. The molecule has 0 bridgehead atoms. The molecule has 6 nitrogen and oxygen atoms in total. The lowest BCUT2D eigenvalue weighted by atomic mass is 9.76. The summed E-state index contributed by atoms with van der Waals surface area (Å²) in [6.45, 7) is 1.94. The molecule has 1 aromatic heterocycles. The number of hydrogen-bond donors (Lipinski definition) is 2. The Kier molecular flexibility index (Phi) is 4.89. The van der Waals surface area contributed by atoms with E-state index in [2.05, 4.69) is 31.5 Å². The molecule has 2 aliphatic rings. The van der Waals surface area contributed by atoms with Crippen molar-refractivity contribution in [3.63, 3.8) is 0 Å². The van der Waals surface area contributed by atoms with Crippen LogP contribution < -0.4 is 10.6 Å². The monoisotopic (exact) mass is 401 g/mol. The Morgan fingerprint density at radius 1 is 1.52 bits per heavy atom. The highest BCUT2D eigenvalue weighted by Gasteiger charge is 2.49. The van der Waals surface area contributed by atoms with Crippen molar-refractivity contribution in [2.75, 3.05) is 19.6 Å². The second-order valence-corrected chi connectivity index (χ2v) is 7.22. The molecule has 23 heavy (non-hydrogen) atoms. The lowest BCUT2D eigenvalue weighted by Crippen LogP contribution is -2.39. The number of rotatable bonds is 3. The van der Waals surface area contributed by atoms with Crippen LogP contribution >= 0.6 is 27.5 Å². The summed E-state index contributed by atoms with van der Waals surface area (Å²) in [4.78, 5) is 28.3. The molecule has 1 amide bonds. The molecule has 2 N–H and O–H groups in total. The molecule has 0 aliphatic carbocycles. The van der Waals surface area contributed by atoms with Gasteiger partial charge in [-0.3, -0.25) is 9.59 Å². The van der Waals surface area contributed by atoms with Gasteiger partial charge in [0.1, 0.15) is 11.8 Å². The van der Waals surface area contributed by atoms with Crippen LogP contribution in [0.1, 0.15) is 29.8 Å². The van der Waals surface area contributed by atoms with E-state index in [-0.39, 0.29) is 35.6 Å². The second kappa shape index (κ2) is 6.75. The van der Waals surface area contributed by atoms with Gasteiger partial charge < -0.3 is 15.4 Å². The van der Waals surface area contributed by atoms with Crippen LogP contribution in [0.25, 0.3) is 0 Å². The van der Waals surface area contributed by atoms with Gasteiger partial charge in [-0.2, -0.15) is 0 Å². The number of carbonyl (C=O) groups is 2. The normalized spacial score (nSPS) is 22.9. The quantitative estimate of drug-likeness (QED) is 0.755. The first kappa shape index (κ1) is 16.7. The third-order valence-corrected chi connectivity index (χ3v) is 5.59. The van der Waals surface area contributed by atoms with Gasteiger partial charge in [-0.05, 0) is 47.9 Å². The number of pyridine rings is 1. The van der Waals surface area contributed by atoms with E-state index in [9.17, 15) is 9.59 Å². The first-order valence-corrected chi connectivity index (χ1v) is 8.68. The van der Waals surface area contributed by atoms with Crippen molar-refractivity contribution in [1.29, 1.82) is 0 Å². The molecule has 2 fully saturated rings. The van der Waals surface area contributed by atoms with Crippen LogP contribution in [0.15, 0.2) is 16.7 Å². The zero-order valence-corrected chi connectivity index (χ0v) is 14.7. The average molecular weight is 403 g/mol. The summed E-state index contributed by atoms with van der Waals surface area (Å²) in [6.07, 6.45) is 3.44. The van der Waals surface area contributed by atoms with Gasteiger partial charge in [0, 0.05) is 12.6 Å². The maximum atomic E-state index is 12.2. The Bertz CT molecular complexity index is 634. The van der Waals surface area contributed by atoms with Gasteiger partial charge in [-0.15, -0.1) is 0 Å². The highest BCUT2D eigenvalue weighted by Crippen LogP contribution is 2.41. The van der Waals surface area contributed by atoms with Crippen molar-refractivity contribution < 1.29 is 14.3 Å². The third kappa shape index (κ3) is 3.51. The number of hydrogen-bond acceptors (Lipinski definition) is 5. The fraction of sp³-hybridized carbons (Fsp3) is 0.533. The van der Waals surface area contributed by atoms with E-state index in [1.807, 2.05) is 0 Å². The molecule has 3 rings (SSSR count). The van der Waals surface area contributed by atoms with Gasteiger partial charge >= 0.3 is 5.97 Å². The molecule has 2 saturated heterocycles. The number of cyclic esters (lactones) is 1. The number of amides is 1. The van der Waals surface area contributed by atoms with E-state index < -0.39 is 0 Å². The third-order valence-electron chi connectivity index (χ3n) is 4.42. The summed E-state index contributed by atoms with van der Waals surface area (Å²) in [5, 5.41) is 6.43. The van der Waals surface area contributed by atoms with Gasteiger partial charge in [0.05, 0.1) is 21.5 Å². The first-order valence-electron chi connectivity index (χ1n) is 7.51. The first-order chi connectivity index (χ1) is 11.0. The molecule has 1 atom stereocenters. The molecule has 124 valence electrons. The predicted octanol–water partition coefficient (Wildman–Crippen LogP) is 1.91. The lowest BCUT2D eigenvalue weighted by molar-refractivity contribution is -0.149. The molecule has 2 aliphatic heterocycles. The lowest BCUT2D eigenvalue weighted by Gasteiger charge is -2.29. The summed E-state index contributed by atoms with van der Waals surface area (Å²) in [7, 11) is 0. The zero-order chi connectivity index (χ0) is 16.4. The number of halogens is 2.